The molecule has 0 atom stereocenters. The zero-order chi connectivity index (χ0) is 6.36. The van der Waals surface area contributed by atoms with Crippen molar-refractivity contribution in [2.24, 2.45) is 0 Å². The van der Waals surface area contributed by atoms with Gasteiger partial charge in [0.25, 0.3) is 0 Å². The van der Waals surface area contributed by atoms with Gasteiger partial charge in [0.15, 0.2) is 0 Å². The first kappa shape index (κ1) is 18.5. The molecule has 0 saturated carbocycles. The predicted octanol–water partition coefficient (Wildman–Crippen LogP) is 1.42. The maximum absolute atomic E-state index is 3.07. The molecule has 0 aromatic carbocycles. The number of rotatable bonds is 0. The smallest absolute Gasteiger partial charge is 0.0113 e. The largest absolute Gasteiger partial charge is 0.244 e. The Labute approximate surface area is 92.6 Å². The highest BCUT2D eigenvalue weighted by molar-refractivity contribution is 5.86. The fraction of sp³-hybridized carbons (Fsp3) is 1.00. The first-order valence-electron chi connectivity index (χ1n) is 3.71. The number of nitrogens with one attached hydrogen (secondary N) is 3. The molecule has 1 saturated heterocycles. The van der Waals surface area contributed by atoms with E-state index in [-0.39, 0.29) is 37.2 Å². The highest BCUT2D eigenvalue weighted by Gasteiger charge is 1.92. The zero-order valence-electron chi connectivity index (χ0n) is 6.97. The SMILES string of the molecule is C1CCCNNNCC1.Cl.Cl.Cl. The molecule has 78 valence electrons. The Balaban J connectivity index is -0.000000270. The van der Waals surface area contributed by atoms with E-state index < -0.39 is 0 Å². The van der Waals surface area contributed by atoms with Gasteiger partial charge < -0.3 is 0 Å². The lowest BCUT2D eigenvalue weighted by molar-refractivity contribution is 0.442. The number of halogens is 3. The minimum absolute atomic E-state index is 0. The molecule has 0 aromatic rings. The van der Waals surface area contributed by atoms with Gasteiger partial charge in [0, 0.05) is 13.1 Å². The Morgan fingerprint density at radius 1 is 0.583 bits per heavy atom. The van der Waals surface area contributed by atoms with E-state index >= 15 is 0 Å². The topological polar surface area (TPSA) is 36.1 Å². The molecule has 0 radical (unpaired) electrons. The molecule has 1 fully saturated rings. The molecule has 3 N–H and O–H groups in total. The first-order valence-corrected chi connectivity index (χ1v) is 3.71. The van der Waals surface area contributed by atoms with Gasteiger partial charge in [0.05, 0.1) is 0 Å². The summed E-state index contributed by atoms with van der Waals surface area (Å²) in [6.07, 6.45) is 5.29. The molecule has 1 aliphatic rings. The van der Waals surface area contributed by atoms with Crippen LogP contribution in [0, 0.1) is 0 Å². The zero-order valence-corrected chi connectivity index (χ0v) is 9.42. The van der Waals surface area contributed by atoms with Crippen LogP contribution < -0.4 is 16.4 Å². The molecular weight excluding hydrogens is 220 g/mol. The van der Waals surface area contributed by atoms with E-state index in [1.165, 1.54) is 25.7 Å². The fourth-order valence-corrected chi connectivity index (χ4v) is 0.968. The van der Waals surface area contributed by atoms with Crippen LogP contribution in [0.2, 0.25) is 0 Å². The summed E-state index contributed by atoms with van der Waals surface area (Å²) in [7, 11) is 0. The van der Waals surface area contributed by atoms with Gasteiger partial charge in [-0.3, -0.25) is 0 Å². The van der Waals surface area contributed by atoms with Crippen molar-refractivity contribution in [1.29, 1.82) is 0 Å². The molecular formula is C6H18Cl3N3. The van der Waals surface area contributed by atoms with Gasteiger partial charge in [-0.05, 0) is 12.8 Å². The van der Waals surface area contributed by atoms with Crippen molar-refractivity contribution >= 4 is 37.2 Å². The minimum Gasteiger partial charge on any atom is -0.244 e. The maximum Gasteiger partial charge on any atom is 0.0113 e. The molecule has 0 aromatic heterocycles. The van der Waals surface area contributed by atoms with Gasteiger partial charge >= 0.3 is 0 Å². The fourth-order valence-electron chi connectivity index (χ4n) is 0.968. The van der Waals surface area contributed by atoms with Gasteiger partial charge in [-0.25, -0.2) is 10.9 Å². The molecule has 0 bridgehead atoms. The van der Waals surface area contributed by atoms with Crippen LogP contribution in [-0.4, -0.2) is 13.1 Å². The number of hydrogen-bond acceptors (Lipinski definition) is 3. The Morgan fingerprint density at radius 3 is 1.42 bits per heavy atom. The van der Waals surface area contributed by atoms with Gasteiger partial charge in [-0.15, -0.1) is 37.2 Å². The van der Waals surface area contributed by atoms with E-state index in [2.05, 4.69) is 16.4 Å². The molecule has 6 heteroatoms. The van der Waals surface area contributed by atoms with E-state index in [0.29, 0.717) is 0 Å². The summed E-state index contributed by atoms with van der Waals surface area (Å²) in [6, 6.07) is 0. The van der Waals surface area contributed by atoms with Crippen LogP contribution in [0.3, 0.4) is 0 Å². The third kappa shape index (κ3) is 10.8. The average molecular weight is 239 g/mol. The normalized spacial score (nSPS) is 18.0. The summed E-state index contributed by atoms with van der Waals surface area (Å²) in [5, 5.41) is 0. The molecule has 12 heavy (non-hydrogen) atoms. The maximum atomic E-state index is 3.07. The lowest BCUT2D eigenvalue weighted by atomic mass is 10.2. The molecule has 1 rings (SSSR count). The molecule has 1 aliphatic heterocycles. The van der Waals surface area contributed by atoms with Crippen molar-refractivity contribution in [3.63, 3.8) is 0 Å². The van der Waals surface area contributed by atoms with Crippen LogP contribution >= 0.6 is 37.2 Å². The van der Waals surface area contributed by atoms with Crippen LogP contribution in [-0.2, 0) is 0 Å². The Kier molecular flexibility index (Phi) is 22.0. The van der Waals surface area contributed by atoms with Gasteiger partial charge in [-0.1, -0.05) is 12.8 Å². The molecule has 0 amide bonds. The van der Waals surface area contributed by atoms with E-state index in [0.717, 1.165) is 13.1 Å². The number of hydrazine groups is 2. The van der Waals surface area contributed by atoms with Gasteiger partial charge in [0.1, 0.15) is 0 Å². The molecule has 0 unspecified atom stereocenters. The summed E-state index contributed by atoms with van der Waals surface area (Å²) < 4.78 is 0. The van der Waals surface area contributed by atoms with Crippen molar-refractivity contribution < 1.29 is 0 Å². The summed E-state index contributed by atoms with van der Waals surface area (Å²) in [5.74, 6) is 0. The quantitative estimate of drug-likeness (QED) is 0.597. The average Bonchev–Trinajstić information content (AvgIpc) is 2.00. The van der Waals surface area contributed by atoms with Crippen molar-refractivity contribution in [1.82, 2.24) is 16.4 Å². The van der Waals surface area contributed by atoms with Crippen molar-refractivity contribution in [3.05, 3.63) is 0 Å². The van der Waals surface area contributed by atoms with E-state index in [9.17, 15) is 0 Å². The lowest BCUT2D eigenvalue weighted by Gasteiger charge is -2.03. The second kappa shape index (κ2) is 14.3. The molecule has 1 heterocycles. The predicted molar refractivity (Wildman–Crippen MR) is 59.4 cm³/mol. The summed E-state index contributed by atoms with van der Waals surface area (Å²) in [4.78, 5) is 0. The number of hydrogen-bond donors (Lipinski definition) is 3. The molecule has 0 spiro atoms. The third-order valence-corrected chi connectivity index (χ3v) is 1.53. The Morgan fingerprint density at radius 2 is 1.00 bits per heavy atom. The second-order valence-electron chi connectivity index (χ2n) is 2.39. The van der Waals surface area contributed by atoms with Gasteiger partial charge in [-0.2, -0.15) is 5.53 Å². The van der Waals surface area contributed by atoms with E-state index in [1.807, 2.05) is 0 Å². The van der Waals surface area contributed by atoms with Crippen LogP contribution in [0.4, 0.5) is 0 Å². The van der Waals surface area contributed by atoms with Crippen molar-refractivity contribution in [3.8, 4) is 0 Å². The van der Waals surface area contributed by atoms with Crippen LogP contribution in [0.25, 0.3) is 0 Å². The monoisotopic (exact) mass is 237 g/mol. The van der Waals surface area contributed by atoms with E-state index in [4.69, 9.17) is 0 Å². The first-order chi connectivity index (χ1) is 4.50. The molecule has 0 aliphatic carbocycles. The summed E-state index contributed by atoms with van der Waals surface area (Å²) in [6.45, 7) is 2.15. The minimum atomic E-state index is 0. The lowest BCUT2D eigenvalue weighted by Crippen LogP contribution is -2.43. The van der Waals surface area contributed by atoms with Gasteiger partial charge in [0.2, 0.25) is 0 Å². The molecule has 3 nitrogen and oxygen atoms in total. The Hall–Kier alpha value is 0.750. The summed E-state index contributed by atoms with van der Waals surface area (Å²) >= 11 is 0. The van der Waals surface area contributed by atoms with Crippen LogP contribution in [0.15, 0.2) is 0 Å². The van der Waals surface area contributed by atoms with Crippen molar-refractivity contribution in [2.75, 3.05) is 13.1 Å². The van der Waals surface area contributed by atoms with Crippen LogP contribution in [0.1, 0.15) is 25.7 Å². The highest BCUT2D eigenvalue weighted by Crippen LogP contribution is 1.97. The standard InChI is InChI=1S/C6H15N3.3ClH/c1-2-4-6-8-9-7-5-3-1;;;/h7-9H,1-6H2;3*1H. The van der Waals surface area contributed by atoms with Crippen LogP contribution in [0.5, 0.6) is 0 Å². The summed E-state index contributed by atoms with van der Waals surface area (Å²) in [5.41, 5.74) is 9.06. The Bertz CT molecular complexity index is 46.5. The third-order valence-electron chi connectivity index (χ3n) is 1.53. The van der Waals surface area contributed by atoms with E-state index in [1.54, 1.807) is 0 Å². The highest BCUT2D eigenvalue weighted by atomic mass is 35.5. The van der Waals surface area contributed by atoms with Crippen molar-refractivity contribution in [2.45, 2.75) is 25.7 Å². The second-order valence-corrected chi connectivity index (χ2v) is 2.39.